The summed E-state index contributed by atoms with van der Waals surface area (Å²) >= 11 is 0. The van der Waals surface area contributed by atoms with Gasteiger partial charge in [-0.05, 0) is 44.2 Å². The van der Waals surface area contributed by atoms with Crippen LogP contribution in [-0.4, -0.2) is 33.8 Å². The number of hydrogen-bond acceptors (Lipinski definition) is 4. The third-order valence-electron chi connectivity index (χ3n) is 5.53. The van der Waals surface area contributed by atoms with E-state index in [0.29, 0.717) is 0 Å². The van der Waals surface area contributed by atoms with Gasteiger partial charge in [0, 0.05) is 18.7 Å². The largest absolute Gasteiger partial charge is 0.370 e. The van der Waals surface area contributed by atoms with Crippen LogP contribution >= 0.6 is 0 Å². The molecule has 6 heteroatoms. The van der Waals surface area contributed by atoms with Crippen molar-refractivity contribution in [3.8, 4) is 0 Å². The zero-order valence-corrected chi connectivity index (χ0v) is 15.2. The monoisotopic (exact) mass is 353 g/mol. The molecule has 2 aromatic rings. The summed E-state index contributed by atoms with van der Waals surface area (Å²) in [6.45, 7) is 2.84. The number of carbonyl (C=O) groups is 1. The predicted molar refractivity (Wildman–Crippen MR) is 102 cm³/mol. The first-order chi connectivity index (χ1) is 12.7. The first-order valence-electron chi connectivity index (χ1n) is 9.67. The summed E-state index contributed by atoms with van der Waals surface area (Å²) in [6.07, 6.45) is 6.66. The second kappa shape index (κ2) is 7.50. The Labute approximate surface area is 154 Å². The SMILES string of the molecule is NC(=O)n1nc(C2CCCCN2Cc2ccccc2)c2c1NCCCC2. The number of anilines is 1. The second-order valence-corrected chi connectivity index (χ2v) is 7.31. The minimum Gasteiger partial charge on any atom is -0.370 e. The van der Waals surface area contributed by atoms with Gasteiger partial charge in [-0.25, -0.2) is 4.79 Å². The minimum absolute atomic E-state index is 0.248. The summed E-state index contributed by atoms with van der Waals surface area (Å²) in [5.41, 5.74) is 9.15. The number of nitrogens with one attached hydrogen (secondary N) is 1. The Balaban J connectivity index is 1.69. The van der Waals surface area contributed by atoms with E-state index in [2.05, 4.69) is 45.6 Å². The average Bonchev–Trinajstić information content (AvgIpc) is 2.84. The maximum Gasteiger partial charge on any atom is 0.341 e. The molecule has 3 N–H and O–H groups in total. The summed E-state index contributed by atoms with van der Waals surface area (Å²) in [5, 5.41) is 8.07. The van der Waals surface area contributed by atoms with Crippen LogP contribution in [0.5, 0.6) is 0 Å². The fourth-order valence-electron chi connectivity index (χ4n) is 4.26. The van der Waals surface area contributed by atoms with Gasteiger partial charge >= 0.3 is 6.03 Å². The first kappa shape index (κ1) is 17.1. The van der Waals surface area contributed by atoms with E-state index in [9.17, 15) is 4.79 Å². The molecule has 1 fully saturated rings. The third kappa shape index (κ3) is 3.33. The van der Waals surface area contributed by atoms with Crippen molar-refractivity contribution in [2.75, 3.05) is 18.4 Å². The number of aromatic nitrogens is 2. The Morgan fingerprint density at radius 3 is 2.85 bits per heavy atom. The number of primary amides is 1. The van der Waals surface area contributed by atoms with Crippen LogP contribution in [0, 0.1) is 0 Å². The zero-order chi connectivity index (χ0) is 17.9. The van der Waals surface area contributed by atoms with Gasteiger partial charge in [0.05, 0.1) is 11.7 Å². The molecule has 138 valence electrons. The lowest BCUT2D eigenvalue weighted by atomic mass is 9.94. The second-order valence-electron chi connectivity index (χ2n) is 7.31. The summed E-state index contributed by atoms with van der Waals surface area (Å²) in [4.78, 5) is 14.4. The normalized spacial score (nSPS) is 20.8. The van der Waals surface area contributed by atoms with Gasteiger partial charge in [-0.2, -0.15) is 9.78 Å². The van der Waals surface area contributed by atoms with Crippen LogP contribution < -0.4 is 11.1 Å². The number of nitrogens with zero attached hydrogens (tertiary/aromatic N) is 3. The van der Waals surface area contributed by atoms with Gasteiger partial charge in [0.1, 0.15) is 5.82 Å². The molecule has 1 amide bonds. The van der Waals surface area contributed by atoms with Crippen molar-refractivity contribution in [3.05, 3.63) is 47.2 Å². The van der Waals surface area contributed by atoms with E-state index in [4.69, 9.17) is 5.73 Å². The van der Waals surface area contributed by atoms with Gasteiger partial charge in [0.2, 0.25) is 0 Å². The lowest BCUT2D eigenvalue weighted by Gasteiger charge is -2.35. The number of piperidine rings is 1. The van der Waals surface area contributed by atoms with E-state index in [-0.39, 0.29) is 6.04 Å². The molecule has 1 aromatic carbocycles. The molecule has 4 rings (SSSR count). The number of hydrogen-bond donors (Lipinski definition) is 2. The Kier molecular flexibility index (Phi) is 4.93. The molecule has 1 unspecified atom stereocenters. The van der Waals surface area contributed by atoms with Crippen molar-refractivity contribution < 1.29 is 4.79 Å². The van der Waals surface area contributed by atoms with Crippen LogP contribution in [0.25, 0.3) is 0 Å². The Hall–Kier alpha value is -2.34. The number of carbonyl (C=O) groups excluding carboxylic acids is 1. The maximum atomic E-state index is 11.9. The van der Waals surface area contributed by atoms with Gasteiger partial charge < -0.3 is 11.1 Å². The number of fused-ring (bicyclic) bond motifs is 1. The molecule has 3 heterocycles. The molecule has 0 saturated carbocycles. The first-order valence-corrected chi connectivity index (χ1v) is 9.67. The molecule has 1 atom stereocenters. The van der Waals surface area contributed by atoms with Crippen LogP contribution in [0.2, 0.25) is 0 Å². The highest BCUT2D eigenvalue weighted by Gasteiger charge is 2.32. The Bertz CT molecular complexity index is 770. The number of amides is 1. The van der Waals surface area contributed by atoms with Crippen molar-refractivity contribution in [1.29, 1.82) is 0 Å². The summed E-state index contributed by atoms with van der Waals surface area (Å²) in [7, 11) is 0. The van der Waals surface area contributed by atoms with Crippen LogP contribution in [0.3, 0.4) is 0 Å². The smallest absolute Gasteiger partial charge is 0.341 e. The number of rotatable bonds is 3. The van der Waals surface area contributed by atoms with Crippen LogP contribution in [0.4, 0.5) is 10.6 Å². The molecule has 2 aliphatic heterocycles. The van der Waals surface area contributed by atoms with Gasteiger partial charge in [-0.3, -0.25) is 4.90 Å². The molecule has 1 saturated heterocycles. The van der Waals surface area contributed by atoms with E-state index < -0.39 is 6.03 Å². The zero-order valence-electron chi connectivity index (χ0n) is 15.2. The van der Waals surface area contributed by atoms with Gasteiger partial charge in [0.15, 0.2) is 0 Å². The molecule has 0 spiro atoms. The number of likely N-dealkylation sites (tertiary alicyclic amines) is 1. The Morgan fingerprint density at radius 2 is 2.04 bits per heavy atom. The van der Waals surface area contributed by atoms with E-state index in [1.54, 1.807) is 0 Å². The molecule has 26 heavy (non-hydrogen) atoms. The number of benzene rings is 1. The highest BCUT2D eigenvalue weighted by molar-refractivity contribution is 5.79. The molecule has 0 aliphatic carbocycles. The van der Waals surface area contributed by atoms with E-state index in [1.807, 2.05) is 0 Å². The van der Waals surface area contributed by atoms with Gasteiger partial charge in [-0.1, -0.05) is 36.8 Å². The fraction of sp³-hybridized carbons (Fsp3) is 0.500. The highest BCUT2D eigenvalue weighted by atomic mass is 16.2. The van der Waals surface area contributed by atoms with Crippen molar-refractivity contribution >= 4 is 11.8 Å². The fourth-order valence-corrected chi connectivity index (χ4v) is 4.26. The van der Waals surface area contributed by atoms with E-state index in [0.717, 1.165) is 56.8 Å². The molecule has 1 aromatic heterocycles. The summed E-state index contributed by atoms with van der Waals surface area (Å²) < 4.78 is 1.38. The summed E-state index contributed by atoms with van der Waals surface area (Å²) in [6, 6.07) is 10.3. The van der Waals surface area contributed by atoms with Gasteiger partial charge in [-0.15, -0.1) is 0 Å². The van der Waals surface area contributed by atoms with Crippen molar-refractivity contribution in [2.24, 2.45) is 5.73 Å². The van der Waals surface area contributed by atoms with Crippen molar-refractivity contribution in [1.82, 2.24) is 14.7 Å². The van der Waals surface area contributed by atoms with Crippen molar-refractivity contribution in [2.45, 2.75) is 51.1 Å². The third-order valence-corrected chi connectivity index (χ3v) is 5.53. The molecule has 0 radical (unpaired) electrons. The standard InChI is InChI=1S/C20H27N5O/c21-20(26)25-19-16(10-4-6-12-22-19)18(23-25)17-11-5-7-13-24(17)14-15-8-2-1-3-9-15/h1-3,8-9,17,22H,4-7,10-14H2,(H2,21,26). The molecule has 0 bridgehead atoms. The summed E-state index contributed by atoms with van der Waals surface area (Å²) in [5.74, 6) is 0.815. The van der Waals surface area contributed by atoms with Crippen LogP contribution in [0.15, 0.2) is 30.3 Å². The van der Waals surface area contributed by atoms with E-state index in [1.165, 1.54) is 28.7 Å². The molecule has 6 nitrogen and oxygen atoms in total. The molecule has 2 aliphatic rings. The van der Waals surface area contributed by atoms with E-state index >= 15 is 0 Å². The predicted octanol–water partition coefficient (Wildman–Crippen LogP) is 3.29. The number of nitrogens with two attached hydrogens (primary N) is 1. The Morgan fingerprint density at radius 1 is 1.19 bits per heavy atom. The lowest BCUT2D eigenvalue weighted by molar-refractivity contribution is 0.136. The van der Waals surface area contributed by atoms with Gasteiger partial charge in [0.25, 0.3) is 0 Å². The lowest BCUT2D eigenvalue weighted by Crippen LogP contribution is -2.34. The van der Waals surface area contributed by atoms with Crippen LogP contribution in [0.1, 0.15) is 55.0 Å². The van der Waals surface area contributed by atoms with Crippen LogP contribution in [-0.2, 0) is 13.0 Å². The highest BCUT2D eigenvalue weighted by Crippen LogP contribution is 2.37. The minimum atomic E-state index is -0.507. The quantitative estimate of drug-likeness (QED) is 0.888. The average molecular weight is 353 g/mol. The van der Waals surface area contributed by atoms with Crippen molar-refractivity contribution in [3.63, 3.8) is 0 Å². The molecular formula is C20H27N5O. The topological polar surface area (TPSA) is 76.2 Å². The molecular weight excluding hydrogens is 326 g/mol. The maximum absolute atomic E-state index is 11.9.